The van der Waals surface area contributed by atoms with E-state index in [1.165, 1.54) is 11.1 Å². The van der Waals surface area contributed by atoms with Crippen LogP contribution in [0.3, 0.4) is 0 Å². The summed E-state index contributed by atoms with van der Waals surface area (Å²) in [6, 6.07) is 19.0. The minimum atomic E-state index is 0.0807. The molecular weight excluding hydrogens is 424 g/mol. The van der Waals surface area contributed by atoms with Crippen LogP contribution in [0.25, 0.3) is 6.08 Å². The number of likely N-dealkylation sites (tertiary alicyclic amines) is 1. The molecule has 0 bridgehead atoms. The van der Waals surface area contributed by atoms with E-state index in [1.807, 2.05) is 23.1 Å². The summed E-state index contributed by atoms with van der Waals surface area (Å²) in [5.41, 5.74) is 3.83. The van der Waals surface area contributed by atoms with Crippen LogP contribution in [0, 0.1) is 0 Å². The molecule has 6 nitrogen and oxygen atoms in total. The number of hydrogen-bond acceptors (Lipinski definition) is 4. The van der Waals surface area contributed by atoms with Crippen molar-refractivity contribution in [1.82, 2.24) is 20.2 Å². The Balaban J connectivity index is 1.12. The number of piperidine rings is 1. The first-order valence-electron chi connectivity index (χ1n) is 12.1. The van der Waals surface area contributed by atoms with Gasteiger partial charge in [0.15, 0.2) is 0 Å². The summed E-state index contributed by atoms with van der Waals surface area (Å²) in [6.45, 7) is 1.50. The van der Waals surface area contributed by atoms with E-state index >= 15 is 0 Å². The summed E-state index contributed by atoms with van der Waals surface area (Å²) in [7, 11) is 0. The molecule has 2 fully saturated rings. The van der Waals surface area contributed by atoms with E-state index in [1.54, 1.807) is 18.6 Å². The fraction of sp³-hybridized carbons (Fsp3) is 0.321. The molecule has 1 saturated heterocycles. The third-order valence-corrected chi connectivity index (χ3v) is 6.71. The normalized spacial score (nSPS) is 20.1. The predicted octanol–water partition coefficient (Wildman–Crippen LogP) is 5.79. The number of nitrogens with zero attached hydrogens (tertiary/aromatic N) is 3. The number of benzene rings is 2. The van der Waals surface area contributed by atoms with Gasteiger partial charge in [-0.15, -0.1) is 0 Å². The molecule has 0 spiro atoms. The van der Waals surface area contributed by atoms with Crippen molar-refractivity contribution in [2.45, 2.75) is 44.1 Å². The Morgan fingerprint density at radius 2 is 1.88 bits per heavy atom. The zero-order chi connectivity index (χ0) is 23.2. The third kappa shape index (κ3) is 5.63. The van der Waals surface area contributed by atoms with Gasteiger partial charge in [-0.05, 0) is 61.3 Å². The first-order chi connectivity index (χ1) is 16.7. The first kappa shape index (κ1) is 22.1. The summed E-state index contributed by atoms with van der Waals surface area (Å²) in [5.74, 6) is 1.76. The highest BCUT2D eigenvalue weighted by molar-refractivity contribution is 5.75. The minimum Gasteiger partial charge on any atom is -0.437 e. The maximum absolute atomic E-state index is 12.8. The van der Waals surface area contributed by atoms with Gasteiger partial charge in [0.05, 0.1) is 6.20 Å². The molecule has 2 aliphatic rings. The van der Waals surface area contributed by atoms with Crippen molar-refractivity contribution in [1.29, 1.82) is 0 Å². The minimum absolute atomic E-state index is 0.0807. The largest absolute Gasteiger partial charge is 0.437 e. The zero-order valence-corrected chi connectivity index (χ0v) is 19.3. The Morgan fingerprint density at radius 1 is 1.03 bits per heavy atom. The van der Waals surface area contributed by atoms with Crippen molar-refractivity contribution in [3.05, 3.63) is 89.9 Å². The molecule has 34 heavy (non-hydrogen) atoms. The molecule has 5 rings (SSSR count). The number of amides is 2. The van der Waals surface area contributed by atoms with Gasteiger partial charge in [-0.2, -0.15) is 0 Å². The second-order valence-corrected chi connectivity index (χ2v) is 9.07. The van der Waals surface area contributed by atoms with Crippen LogP contribution in [0.2, 0.25) is 0 Å². The van der Waals surface area contributed by atoms with E-state index in [2.05, 4.69) is 57.8 Å². The molecule has 2 atom stereocenters. The molecule has 0 unspecified atom stereocenters. The molecule has 3 aromatic rings. The number of carbonyl (C=O) groups excluding carboxylic acids is 1. The molecule has 0 radical (unpaired) electrons. The number of hydrogen-bond donors (Lipinski definition) is 1. The number of urea groups is 1. The lowest BCUT2D eigenvalue weighted by Gasteiger charge is -2.30. The van der Waals surface area contributed by atoms with Gasteiger partial charge in [0.2, 0.25) is 5.88 Å². The van der Waals surface area contributed by atoms with Crippen LogP contribution in [0.4, 0.5) is 4.79 Å². The third-order valence-electron chi connectivity index (χ3n) is 6.71. The topological polar surface area (TPSA) is 67.4 Å². The van der Waals surface area contributed by atoms with Crippen molar-refractivity contribution in [3.8, 4) is 11.6 Å². The van der Waals surface area contributed by atoms with E-state index in [0.29, 0.717) is 11.8 Å². The highest BCUT2D eigenvalue weighted by Gasteiger charge is 2.28. The quantitative estimate of drug-likeness (QED) is 0.530. The number of aromatic nitrogens is 2. The molecule has 2 amide bonds. The van der Waals surface area contributed by atoms with Gasteiger partial charge in [-0.25, -0.2) is 9.78 Å². The fourth-order valence-corrected chi connectivity index (χ4v) is 4.91. The van der Waals surface area contributed by atoms with Crippen LogP contribution < -0.4 is 10.1 Å². The summed E-state index contributed by atoms with van der Waals surface area (Å²) >= 11 is 0. The van der Waals surface area contributed by atoms with Gasteiger partial charge < -0.3 is 15.0 Å². The first-order valence-corrected chi connectivity index (χ1v) is 12.1. The van der Waals surface area contributed by atoms with E-state index in [-0.39, 0.29) is 12.1 Å². The predicted molar refractivity (Wildman–Crippen MR) is 133 cm³/mol. The number of ether oxygens (including phenoxy) is 1. The second-order valence-electron chi connectivity index (χ2n) is 9.07. The molecule has 174 valence electrons. The summed E-state index contributed by atoms with van der Waals surface area (Å²) in [6.07, 6.45) is 12.0. The van der Waals surface area contributed by atoms with E-state index in [4.69, 9.17) is 4.74 Å². The molecule has 1 aliphatic heterocycles. The zero-order valence-electron chi connectivity index (χ0n) is 19.3. The Labute approximate surface area is 200 Å². The number of carbonyl (C=O) groups is 1. The Morgan fingerprint density at radius 3 is 2.68 bits per heavy atom. The lowest BCUT2D eigenvalue weighted by Crippen LogP contribution is -2.46. The molecule has 1 aromatic heterocycles. The lowest BCUT2D eigenvalue weighted by molar-refractivity contribution is 0.190. The molecule has 1 saturated carbocycles. The highest BCUT2D eigenvalue weighted by Crippen LogP contribution is 2.34. The SMILES string of the molecule is O=C(N[C@@H]1CC[C@@H](c2ccccc2)C1)N1CCC(=Cc2cccc(Oc3cnccn3)c2)CC1. The Hall–Kier alpha value is -3.67. The lowest BCUT2D eigenvalue weighted by atomic mass is 9.98. The average Bonchev–Trinajstić information content (AvgIpc) is 3.34. The van der Waals surface area contributed by atoms with Crippen molar-refractivity contribution in [3.63, 3.8) is 0 Å². The van der Waals surface area contributed by atoms with E-state index < -0.39 is 0 Å². The number of rotatable bonds is 5. The van der Waals surface area contributed by atoms with Gasteiger partial charge in [0, 0.05) is 31.5 Å². The van der Waals surface area contributed by atoms with Crippen LogP contribution in [0.5, 0.6) is 11.6 Å². The standard InChI is InChI=1S/C28H30N4O2/c33-28(31-25-10-9-24(19-25)23-6-2-1-3-7-23)32-15-11-21(12-16-32)17-22-5-4-8-26(18-22)34-27-20-29-13-14-30-27/h1-8,13-14,17-18,20,24-25H,9-12,15-16,19H2,(H,31,33)/t24-,25-/m1/s1. The van der Waals surface area contributed by atoms with Gasteiger partial charge in [0.1, 0.15) is 5.75 Å². The van der Waals surface area contributed by atoms with Crippen LogP contribution in [0.15, 0.2) is 78.8 Å². The maximum atomic E-state index is 12.8. The Bertz CT molecular complexity index is 1120. The van der Waals surface area contributed by atoms with Gasteiger partial charge in [-0.1, -0.05) is 54.1 Å². The maximum Gasteiger partial charge on any atom is 0.317 e. The molecule has 6 heteroatoms. The monoisotopic (exact) mass is 454 g/mol. The van der Waals surface area contributed by atoms with Crippen molar-refractivity contribution < 1.29 is 9.53 Å². The van der Waals surface area contributed by atoms with Crippen LogP contribution in [-0.4, -0.2) is 40.0 Å². The number of nitrogens with one attached hydrogen (secondary N) is 1. The van der Waals surface area contributed by atoms with Gasteiger partial charge in [0.25, 0.3) is 0 Å². The van der Waals surface area contributed by atoms with Crippen molar-refractivity contribution >= 4 is 12.1 Å². The Kier molecular flexibility index (Phi) is 6.84. The van der Waals surface area contributed by atoms with E-state index in [9.17, 15) is 4.79 Å². The van der Waals surface area contributed by atoms with Crippen molar-refractivity contribution in [2.75, 3.05) is 13.1 Å². The second kappa shape index (κ2) is 10.5. The average molecular weight is 455 g/mol. The molecule has 1 aliphatic carbocycles. The smallest absolute Gasteiger partial charge is 0.317 e. The van der Waals surface area contributed by atoms with Crippen LogP contribution in [-0.2, 0) is 0 Å². The summed E-state index contributed by atoms with van der Waals surface area (Å²) in [4.78, 5) is 23.0. The molecule has 2 aromatic carbocycles. The van der Waals surface area contributed by atoms with E-state index in [0.717, 1.165) is 56.5 Å². The molecule has 2 heterocycles. The highest BCUT2D eigenvalue weighted by atomic mass is 16.5. The van der Waals surface area contributed by atoms with Gasteiger partial charge >= 0.3 is 6.03 Å². The summed E-state index contributed by atoms with van der Waals surface area (Å²) < 4.78 is 5.79. The molecular formula is C28H30N4O2. The fourth-order valence-electron chi connectivity index (χ4n) is 4.91. The molecule has 1 N–H and O–H groups in total. The van der Waals surface area contributed by atoms with Crippen molar-refractivity contribution in [2.24, 2.45) is 0 Å². The van der Waals surface area contributed by atoms with Gasteiger partial charge in [-0.3, -0.25) is 4.98 Å². The van der Waals surface area contributed by atoms with Crippen LogP contribution >= 0.6 is 0 Å². The van der Waals surface area contributed by atoms with Crippen LogP contribution in [0.1, 0.15) is 49.1 Å². The summed E-state index contributed by atoms with van der Waals surface area (Å²) in [5, 5.41) is 3.28.